The van der Waals surface area contributed by atoms with E-state index >= 15 is 0 Å². The van der Waals surface area contributed by atoms with E-state index in [1.165, 1.54) is 0 Å². The number of furan rings is 1. The van der Waals surface area contributed by atoms with Gasteiger partial charge in [0.05, 0.1) is 0 Å². The van der Waals surface area contributed by atoms with E-state index in [-0.39, 0.29) is 0 Å². The van der Waals surface area contributed by atoms with E-state index in [9.17, 15) is 5.11 Å². The molecule has 0 amide bonds. The monoisotopic (exact) mass is 246 g/mol. The SMILES string of the molecule is COC1(C(O)c2cc3ccccc3o2)CCCC1. The molecule has 18 heavy (non-hydrogen) atoms. The fraction of sp³-hybridized carbons (Fsp3) is 0.467. The number of benzene rings is 1. The van der Waals surface area contributed by atoms with Gasteiger partial charge in [-0.25, -0.2) is 0 Å². The van der Waals surface area contributed by atoms with Gasteiger partial charge in [0.1, 0.15) is 23.0 Å². The normalized spacial score (nSPS) is 20.3. The van der Waals surface area contributed by atoms with Crippen molar-refractivity contribution < 1.29 is 14.3 Å². The van der Waals surface area contributed by atoms with Crippen molar-refractivity contribution in [2.75, 3.05) is 7.11 Å². The molecule has 1 aliphatic rings. The highest BCUT2D eigenvalue weighted by Crippen LogP contribution is 2.43. The van der Waals surface area contributed by atoms with E-state index in [0.717, 1.165) is 36.7 Å². The van der Waals surface area contributed by atoms with Crippen LogP contribution < -0.4 is 0 Å². The summed E-state index contributed by atoms with van der Waals surface area (Å²) in [5.74, 6) is 0.611. The number of para-hydroxylation sites is 1. The molecule has 0 spiro atoms. The summed E-state index contributed by atoms with van der Waals surface area (Å²) < 4.78 is 11.3. The zero-order chi connectivity index (χ0) is 12.6. The Hall–Kier alpha value is -1.32. The maximum absolute atomic E-state index is 10.6. The molecular weight excluding hydrogens is 228 g/mol. The minimum absolute atomic E-state index is 0.464. The van der Waals surface area contributed by atoms with Crippen LogP contribution >= 0.6 is 0 Å². The van der Waals surface area contributed by atoms with E-state index in [4.69, 9.17) is 9.15 Å². The maximum atomic E-state index is 10.6. The summed E-state index contributed by atoms with van der Waals surface area (Å²) in [4.78, 5) is 0. The lowest BCUT2D eigenvalue weighted by atomic mass is 9.92. The van der Waals surface area contributed by atoms with Crippen LogP contribution in [0.2, 0.25) is 0 Å². The van der Waals surface area contributed by atoms with Crippen molar-refractivity contribution in [2.45, 2.75) is 37.4 Å². The summed E-state index contributed by atoms with van der Waals surface area (Å²) in [6, 6.07) is 9.72. The second kappa shape index (κ2) is 4.41. The summed E-state index contributed by atoms with van der Waals surface area (Å²) in [5, 5.41) is 11.6. The third-order valence-corrected chi connectivity index (χ3v) is 4.07. The molecule has 1 aromatic heterocycles. The third-order valence-electron chi connectivity index (χ3n) is 4.07. The van der Waals surface area contributed by atoms with Crippen molar-refractivity contribution in [3.8, 4) is 0 Å². The molecule has 1 saturated carbocycles. The average molecular weight is 246 g/mol. The molecule has 1 fully saturated rings. The molecule has 0 bridgehead atoms. The van der Waals surface area contributed by atoms with Gasteiger partial charge in [0.25, 0.3) is 0 Å². The minimum atomic E-state index is -0.683. The molecule has 0 saturated heterocycles. The zero-order valence-corrected chi connectivity index (χ0v) is 10.6. The highest BCUT2D eigenvalue weighted by molar-refractivity contribution is 5.77. The first-order valence-corrected chi connectivity index (χ1v) is 6.47. The number of hydrogen-bond donors (Lipinski definition) is 1. The number of methoxy groups -OCH3 is 1. The number of aliphatic hydroxyl groups excluding tert-OH is 1. The van der Waals surface area contributed by atoms with Gasteiger partial charge in [-0.3, -0.25) is 0 Å². The third kappa shape index (κ3) is 1.74. The molecule has 1 N–H and O–H groups in total. The summed E-state index contributed by atoms with van der Waals surface area (Å²) in [6.07, 6.45) is 3.30. The van der Waals surface area contributed by atoms with Gasteiger partial charge in [0.15, 0.2) is 0 Å². The molecule has 1 atom stereocenters. The molecule has 3 heteroatoms. The second-order valence-corrected chi connectivity index (χ2v) is 5.07. The van der Waals surface area contributed by atoms with Crippen molar-refractivity contribution in [3.63, 3.8) is 0 Å². The second-order valence-electron chi connectivity index (χ2n) is 5.07. The van der Waals surface area contributed by atoms with Crippen LogP contribution in [-0.2, 0) is 4.74 Å². The Morgan fingerprint density at radius 3 is 2.67 bits per heavy atom. The van der Waals surface area contributed by atoms with Crippen molar-refractivity contribution >= 4 is 11.0 Å². The van der Waals surface area contributed by atoms with Gasteiger partial charge in [-0.2, -0.15) is 0 Å². The van der Waals surface area contributed by atoms with E-state index in [1.54, 1.807) is 7.11 Å². The summed E-state index contributed by atoms with van der Waals surface area (Å²) >= 11 is 0. The fourth-order valence-corrected chi connectivity index (χ4v) is 2.96. The Bertz CT molecular complexity index is 504. The number of aliphatic hydroxyl groups is 1. The number of ether oxygens (including phenoxy) is 1. The molecular formula is C15H18O3. The molecule has 2 aromatic rings. The van der Waals surface area contributed by atoms with Gasteiger partial charge in [-0.15, -0.1) is 0 Å². The standard InChI is InChI=1S/C15H18O3/c1-17-15(8-4-5-9-15)14(16)13-10-11-6-2-3-7-12(11)18-13/h2-3,6-7,10,14,16H,4-5,8-9H2,1H3. The van der Waals surface area contributed by atoms with Crippen LogP contribution in [0.4, 0.5) is 0 Å². The number of hydrogen-bond acceptors (Lipinski definition) is 3. The highest BCUT2D eigenvalue weighted by Gasteiger charge is 2.43. The molecule has 0 radical (unpaired) electrons. The molecule has 1 aromatic carbocycles. The van der Waals surface area contributed by atoms with Crippen molar-refractivity contribution in [1.82, 2.24) is 0 Å². The van der Waals surface area contributed by atoms with Gasteiger partial charge < -0.3 is 14.3 Å². The Morgan fingerprint density at radius 1 is 1.28 bits per heavy atom. The van der Waals surface area contributed by atoms with Crippen LogP contribution in [0.1, 0.15) is 37.5 Å². The summed E-state index contributed by atoms with van der Waals surface area (Å²) in [6.45, 7) is 0. The maximum Gasteiger partial charge on any atom is 0.140 e. The molecule has 3 nitrogen and oxygen atoms in total. The van der Waals surface area contributed by atoms with Gasteiger partial charge in [-0.1, -0.05) is 31.0 Å². The zero-order valence-electron chi connectivity index (χ0n) is 10.6. The molecule has 96 valence electrons. The Kier molecular flexibility index (Phi) is 2.88. The Labute approximate surface area is 106 Å². The lowest BCUT2D eigenvalue weighted by molar-refractivity contribution is -0.107. The topological polar surface area (TPSA) is 42.6 Å². The van der Waals surface area contributed by atoms with Gasteiger partial charge in [-0.05, 0) is 25.0 Å². The summed E-state index contributed by atoms with van der Waals surface area (Å²) in [7, 11) is 1.68. The van der Waals surface area contributed by atoms with Crippen LogP contribution in [-0.4, -0.2) is 17.8 Å². The Balaban J connectivity index is 1.98. The van der Waals surface area contributed by atoms with Gasteiger partial charge >= 0.3 is 0 Å². The predicted octanol–water partition coefficient (Wildman–Crippen LogP) is 3.43. The van der Waals surface area contributed by atoms with Crippen LogP contribution in [0.3, 0.4) is 0 Å². The molecule has 1 unspecified atom stereocenters. The van der Waals surface area contributed by atoms with Crippen LogP contribution in [0.25, 0.3) is 11.0 Å². The van der Waals surface area contributed by atoms with E-state index < -0.39 is 11.7 Å². The molecule has 1 aliphatic carbocycles. The lowest BCUT2D eigenvalue weighted by Crippen LogP contribution is -2.35. The number of fused-ring (bicyclic) bond motifs is 1. The van der Waals surface area contributed by atoms with Crippen molar-refractivity contribution in [1.29, 1.82) is 0 Å². The van der Waals surface area contributed by atoms with Crippen LogP contribution in [0.15, 0.2) is 34.7 Å². The summed E-state index contributed by atoms with van der Waals surface area (Å²) in [5.41, 5.74) is 0.351. The first-order valence-electron chi connectivity index (χ1n) is 6.47. The van der Waals surface area contributed by atoms with Crippen LogP contribution in [0.5, 0.6) is 0 Å². The van der Waals surface area contributed by atoms with Gasteiger partial charge in [0.2, 0.25) is 0 Å². The quantitative estimate of drug-likeness (QED) is 0.902. The van der Waals surface area contributed by atoms with Crippen molar-refractivity contribution in [2.24, 2.45) is 0 Å². The van der Waals surface area contributed by atoms with Crippen molar-refractivity contribution in [3.05, 3.63) is 36.1 Å². The highest BCUT2D eigenvalue weighted by atomic mass is 16.5. The molecule has 0 aliphatic heterocycles. The number of rotatable bonds is 3. The van der Waals surface area contributed by atoms with E-state index in [2.05, 4.69) is 0 Å². The van der Waals surface area contributed by atoms with Crippen LogP contribution in [0, 0.1) is 0 Å². The van der Waals surface area contributed by atoms with E-state index in [0.29, 0.717) is 5.76 Å². The average Bonchev–Trinajstić information content (AvgIpc) is 3.05. The molecule has 3 rings (SSSR count). The first-order chi connectivity index (χ1) is 8.75. The minimum Gasteiger partial charge on any atom is -0.458 e. The lowest BCUT2D eigenvalue weighted by Gasteiger charge is -2.31. The predicted molar refractivity (Wildman–Crippen MR) is 69.4 cm³/mol. The smallest absolute Gasteiger partial charge is 0.140 e. The molecule has 1 heterocycles. The van der Waals surface area contributed by atoms with Gasteiger partial charge in [0, 0.05) is 12.5 Å². The largest absolute Gasteiger partial charge is 0.458 e. The Morgan fingerprint density at radius 2 is 2.00 bits per heavy atom. The first kappa shape index (κ1) is 11.8. The fourth-order valence-electron chi connectivity index (χ4n) is 2.96. The van der Waals surface area contributed by atoms with E-state index in [1.807, 2.05) is 30.3 Å².